The summed E-state index contributed by atoms with van der Waals surface area (Å²) in [5.41, 5.74) is 5.10. The molecule has 1 aromatic carbocycles. The summed E-state index contributed by atoms with van der Waals surface area (Å²) in [4.78, 5) is 26.8. The highest BCUT2D eigenvalue weighted by Gasteiger charge is 2.11. The van der Waals surface area contributed by atoms with Crippen LogP contribution >= 0.6 is 11.6 Å². The van der Waals surface area contributed by atoms with Crippen molar-refractivity contribution in [1.29, 1.82) is 0 Å². The van der Waals surface area contributed by atoms with E-state index in [4.69, 9.17) is 17.3 Å². The fraction of sp³-hybridized carbons (Fsp3) is 0.154. The first-order valence-electron chi connectivity index (χ1n) is 5.70. The Balaban J connectivity index is 2.47. The summed E-state index contributed by atoms with van der Waals surface area (Å²) in [6.07, 6.45) is 0. The van der Waals surface area contributed by atoms with Crippen LogP contribution in [-0.2, 0) is 6.54 Å². The largest absolute Gasteiger partial charge is 0.366 e. The molecule has 0 saturated carbocycles. The third-order valence-electron chi connectivity index (χ3n) is 2.83. The average molecular weight is 296 g/mol. The van der Waals surface area contributed by atoms with Crippen LogP contribution in [0.5, 0.6) is 0 Å². The molecule has 0 aliphatic carbocycles. The molecule has 0 bridgehead atoms. The summed E-state index contributed by atoms with van der Waals surface area (Å²) in [6, 6.07) is 4.89. The molecule has 1 heterocycles. The minimum atomic E-state index is -0.662. The lowest BCUT2D eigenvalue weighted by molar-refractivity contribution is 0.1000. The van der Waals surface area contributed by atoms with Gasteiger partial charge in [0.1, 0.15) is 16.8 Å². The van der Waals surface area contributed by atoms with Gasteiger partial charge in [-0.25, -0.2) is 9.37 Å². The Morgan fingerprint density at radius 2 is 2.15 bits per heavy atom. The topological polar surface area (TPSA) is 78.0 Å². The van der Waals surface area contributed by atoms with Gasteiger partial charge in [0.25, 0.3) is 5.56 Å². The number of nitrogens with two attached hydrogens (primary N) is 1. The average Bonchev–Trinajstić information content (AvgIpc) is 2.35. The van der Waals surface area contributed by atoms with E-state index in [1.165, 1.54) is 16.7 Å². The second kappa shape index (κ2) is 5.42. The molecule has 0 aliphatic heterocycles. The molecule has 2 N–H and O–H groups in total. The number of aromatic nitrogens is 2. The highest BCUT2D eigenvalue weighted by atomic mass is 35.5. The van der Waals surface area contributed by atoms with Crippen molar-refractivity contribution in [1.82, 2.24) is 9.55 Å². The maximum Gasteiger partial charge on any atom is 0.255 e. The Bertz CT molecular complexity index is 743. The zero-order chi connectivity index (χ0) is 14.9. The summed E-state index contributed by atoms with van der Waals surface area (Å²) >= 11 is 5.66. The van der Waals surface area contributed by atoms with Crippen molar-refractivity contribution >= 4 is 17.5 Å². The monoisotopic (exact) mass is 295 g/mol. The van der Waals surface area contributed by atoms with Gasteiger partial charge < -0.3 is 5.73 Å². The van der Waals surface area contributed by atoms with Crippen LogP contribution in [0.1, 0.15) is 21.7 Å². The van der Waals surface area contributed by atoms with E-state index in [1.807, 2.05) is 0 Å². The van der Waals surface area contributed by atoms with E-state index in [1.54, 1.807) is 6.92 Å². The Morgan fingerprint density at radius 1 is 1.45 bits per heavy atom. The lowest BCUT2D eigenvalue weighted by atomic mass is 10.1. The minimum Gasteiger partial charge on any atom is -0.366 e. The van der Waals surface area contributed by atoms with E-state index in [2.05, 4.69) is 4.98 Å². The van der Waals surface area contributed by atoms with Crippen LogP contribution in [0.2, 0.25) is 5.15 Å². The summed E-state index contributed by atoms with van der Waals surface area (Å²) < 4.78 is 15.0. The van der Waals surface area contributed by atoms with Gasteiger partial charge in [-0.3, -0.25) is 14.2 Å². The van der Waals surface area contributed by atoms with Crippen LogP contribution in [0, 0.1) is 12.7 Å². The molecule has 1 aromatic heterocycles. The molecule has 104 valence electrons. The van der Waals surface area contributed by atoms with Gasteiger partial charge >= 0.3 is 0 Å². The van der Waals surface area contributed by atoms with Crippen molar-refractivity contribution in [3.05, 3.63) is 62.5 Å². The molecule has 0 fully saturated rings. The molecule has 2 rings (SSSR count). The number of hydrogen-bond acceptors (Lipinski definition) is 3. The molecule has 0 saturated heterocycles. The van der Waals surface area contributed by atoms with Crippen molar-refractivity contribution in [2.24, 2.45) is 5.73 Å². The van der Waals surface area contributed by atoms with Crippen molar-refractivity contribution in [2.75, 3.05) is 0 Å². The van der Waals surface area contributed by atoms with Gasteiger partial charge in [-0.05, 0) is 25.1 Å². The van der Waals surface area contributed by atoms with Crippen molar-refractivity contribution in [2.45, 2.75) is 13.5 Å². The second-order valence-corrected chi connectivity index (χ2v) is 4.61. The number of rotatable bonds is 3. The fourth-order valence-corrected chi connectivity index (χ4v) is 2.01. The Labute approximate surface area is 118 Å². The summed E-state index contributed by atoms with van der Waals surface area (Å²) in [7, 11) is 0. The van der Waals surface area contributed by atoms with Gasteiger partial charge in [-0.15, -0.1) is 0 Å². The summed E-state index contributed by atoms with van der Waals surface area (Å²) in [5, 5.41) is 0.0788. The predicted octanol–water partition coefficient (Wildman–Crippen LogP) is 1.49. The molecule has 2 aromatic rings. The molecule has 0 radical (unpaired) electrons. The quantitative estimate of drug-likeness (QED) is 0.872. The summed E-state index contributed by atoms with van der Waals surface area (Å²) in [6.45, 7) is 1.53. The van der Waals surface area contributed by atoms with E-state index in [0.717, 1.165) is 12.1 Å². The van der Waals surface area contributed by atoms with Crippen LogP contribution in [-0.4, -0.2) is 15.5 Å². The Hall–Kier alpha value is -2.21. The first-order valence-corrected chi connectivity index (χ1v) is 6.08. The molecular formula is C13H11ClFN3O2. The fourth-order valence-electron chi connectivity index (χ4n) is 1.80. The number of aryl methyl sites for hydroxylation is 1. The van der Waals surface area contributed by atoms with Crippen molar-refractivity contribution in [3.8, 4) is 0 Å². The maximum atomic E-state index is 13.7. The highest BCUT2D eigenvalue weighted by Crippen LogP contribution is 2.12. The van der Waals surface area contributed by atoms with E-state index >= 15 is 0 Å². The van der Waals surface area contributed by atoms with Gasteiger partial charge in [-0.1, -0.05) is 11.6 Å². The molecule has 0 atom stereocenters. The third kappa shape index (κ3) is 2.85. The maximum absolute atomic E-state index is 13.7. The van der Waals surface area contributed by atoms with E-state index < -0.39 is 17.3 Å². The number of hydrogen-bond donors (Lipinski definition) is 1. The van der Waals surface area contributed by atoms with Gasteiger partial charge in [0.05, 0.1) is 6.54 Å². The van der Waals surface area contributed by atoms with Crippen LogP contribution in [0.25, 0.3) is 0 Å². The lowest BCUT2D eigenvalue weighted by Gasteiger charge is -2.10. The first-order chi connectivity index (χ1) is 9.38. The third-order valence-corrected chi connectivity index (χ3v) is 3.02. The van der Waals surface area contributed by atoms with E-state index in [9.17, 15) is 14.0 Å². The van der Waals surface area contributed by atoms with Gasteiger partial charge in [0, 0.05) is 17.2 Å². The summed E-state index contributed by atoms with van der Waals surface area (Å²) in [5.74, 6) is -0.841. The normalized spacial score (nSPS) is 10.6. The van der Waals surface area contributed by atoms with Crippen LogP contribution in [0.3, 0.4) is 0 Å². The second-order valence-electron chi connectivity index (χ2n) is 4.22. The van der Waals surface area contributed by atoms with Crippen LogP contribution < -0.4 is 11.3 Å². The molecule has 7 heteroatoms. The predicted molar refractivity (Wildman–Crippen MR) is 72.3 cm³/mol. The van der Waals surface area contributed by atoms with Crippen molar-refractivity contribution in [3.63, 3.8) is 0 Å². The number of halogens is 2. The molecule has 0 aliphatic rings. The molecule has 0 unspecified atom stereocenters. The molecule has 1 amide bonds. The number of benzene rings is 1. The number of carbonyl (C=O) groups excluding carboxylic acids is 1. The van der Waals surface area contributed by atoms with Gasteiger partial charge in [-0.2, -0.15) is 0 Å². The van der Waals surface area contributed by atoms with Crippen LogP contribution in [0.15, 0.2) is 29.1 Å². The SMILES string of the molecule is Cc1nc(Cl)cc(=O)n1Cc1cc(C(N)=O)ccc1F. The number of amides is 1. The molecule has 5 nitrogen and oxygen atoms in total. The number of nitrogens with zero attached hydrogens (tertiary/aromatic N) is 2. The molecular weight excluding hydrogens is 285 g/mol. The van der Waals surface area contributed by atoms with Gasteiger partial charge in [0.2, 0.25) is 5.91 Å². The zero-order valence-corrected chi connectivity index (χ0v) is 11.3. The molecule has 0 spiro atoms. The number of carbonyl (C=O) groups is 1. The Morgan fingerprint density at radius 3 is 2.75 bits per heavy atom. The standard InChI is InChI=1S/C13H11ClFN3O2/c1-7-17-11(14)5-12(19)18(7)6-9-4-8(13(16)20)2-3-10(9)15/h2-5H,6H2,1H3,(H2,16,20). The number of primary amides is 1. The zero-order valence-electron chi connectivity index (χ0n) is 10.6. The van der Waals surface area contributed by atoms with Crippen LogP contribution in [0.4, 0.5) is 4.39 Å². The van der Waals surface area contributed by atoms with Crippen molar-refractivity contribution < 1.29 is 9.18 Å². The molecule has 20 heavy (non-hydrogen) atoms. The lowest BCUT2D eigenvalue weighted by Crippen LogP contribution is -2.24. The highest BCUT2D eigenvalue weighted by molar-refractivity contribution is 6.29. The first kappa shape index (κ1) is 14.2. The Kier molecular flexibility index (Phi) is 3.85. The van der Waals surface area contributed by atoms with Gasteiger partial charge in [0.15, 0.2) is 0 Å². The van der Waals surface area contributed by atoms with E-state index in [0.29, 0.717) is 5.82 Å². The smallest absolute Gasteiger partial charge is 0.255 e. The van der Waals surface area contributed by atoms with E-state index in [-0.39, 0.29) is 22.8 Å². The minimum absolute atomic E-state index is 0.0538.